The van der Waals surface area contributed by atoms with Crippen molar-refractivity contribution in [1.29, 1.82) is 0 Å². The summed E-state index contributed by atoms with van der Waals surface area (Å²) in [7, 11) is 1.89. The van der Waals surface area contributed by atoms with Crippen molar-refractivity contribution in [3.63, 3.8) is 0 Å². The molecule has 0 fully saturated rings. The number of aromatic nitrogens is 2. The Bertz CT molecular complexity index is 487. The standard InChI is InChI=1S/C12H12IN3O/c1-14-6-9-7-15-12(16-8-9)17-11-5-3-2-4-10(11)13/h2-5,7-8,14H,6H2,1H3. The minimum absolute atomic E-state index is 0.369. The highest BCUT2D eigenvalue weighted by Crippen LogP contribution is 2.23. The molecule has 1 heterocycles. The molecule has 2 aromatic rings. The van der Waals surface area contributed by atoms with E-state index in [0.29, 0.717) is 6.01 Å². The van der Waals surface area contributed by atoms with Crippen LogP contribution in [0.3, 0.4) is 0 Å². The summed E-state index contributed by atoms with van der Waals surface area (Å²) in [6.07, 6.45) is 3.52. The highest BCUT2D eigenvalue weighted by atomic mass is 127. The van der Waals surface area contributed by atoms with Crippen LogP contribution in [0, 0.1) is 3.57 Å². The zero-order valence-electron chi connectivity index (χ0n) is 9.35. The summed E-state index contributed by atoms with van der Waals surface area (Å²) in [5.74, 6) is 0.773. The van der Waals surface area contributed by atoms with Crippen LogP contribution in [-0.4, -0.2) is 17.0 Å². The molecule has 0 spiro atoms. The lowest BCUT2D eigenvalue weighted by atomic mass is 10.3. The first kappa shape index (κ1) is 12.3. The van der Waals surface area contributed by atoms with Crippen molar-refractivity contribution in [3.05, 3.63) is 45.8 Å². The van der Waals surface area contributed by atoms with Crippen molar-refractivity contribution in [2.24, 2.45) is 0 Å². The van der Waals surface area contributed by atoms with E-state index in [1.165, 1.54) is 0 Å². The summed E-state index contributed by atoms with van der Waals surface area (Å²) in [5.41, 5.74) is 1.03. The molecule has 0 atom stereocenters. The summed E-state index contributed by atoms with van der Waals surface area (Å²) in [6, 6.07) is 8.13. The van der Waals surface area contributed by atoms with Crippen LogP contribution in [0.1, 0.15) is 5.56 Å². The average Bonchev–Trinajstić information content (AvgIpc) is 2.35. The first-order chi connectivity index (χ1) is 8.29. The van der Waals surface area contributed by atoms with Crippen LogP contribution >= 0.6 is 22.6 Å². The summed E-state index contributed by atoms with van der Waals surface area (Å²) in [5, 5.41) is 3.04. The molecule has 0 aliphatic heterocycles. The van der Waals surface area contributed by atoms with Gasteiger partial charge in [0.2, 0.25) is 0 Å². The van der Waals surface area contributed by atoms with E-state index in [0.717, 1.165) is 21.4 Å². The molecule has 0 unspecified atom stereocenters. The molecule has 5 heteroatoms. The molecule has 0 radical (unpaired) electrons. The van der Waals surface area contributed by atoms with E-state index < -0.39 is 0 Å². The molecule has 1 N–H and O–H groups in total. The molecule has 0 amide bonds. The van der Waals surface area contributed by atoms with E-state index in [1.54, 1.807) is 12.4 Å². The van der Waals surface area contributed by atoms with Crippen LogP contribution in [0.4, 0.5) is 0 Å². The topological polar surface area (TPSA) is 47.0 Å². The van der Waals surface area contributed by atoms with Gasteiger partial charge in [-0.25, -0.2) is 9.97 Å². The smallest absolute Gasteiger partial charge is 0.321 e. The molecular weight excluding hydrogens is 329 g/mol. The fourth-order valence-electron chi connectivity index (χ4n) is 1.32. The third-order valence-electron chi connectivity index (χ3n) is 2.10. The van der Waals surface area contributed by atoms with Crippen molar-refractivity contribution in [2.75, 3.05) is 7.05 Å². The number of rotatable bonds is 4. The zero-order chi connectivity index (χ0) is 12.1. The molecule has 0 saturated heterocycles. The van der Waals surface area contributed by atoms with Crippen molar-refractivity contribution in [3.8, 4) is 11.8 Å². The van der Waals surface area contributed by atoms with Gasteiger partial charge in [-0.2, -0.15) is 0 Å². The molecule has 2 rings (SSSR count). The number of hydrogen-bond donors (Lipinski definition) is 1. The van der Waals surface area contributed by atoms with Crippen molar-refractivity contribution < 1.29 is 4.74 Å². The molecule has 1 aromatic carbocycles. The Balaban J connectivity index is 2.11. The van der Waals surface area contributed by atoms with Gasteiger partial charge in [0.1, 0.15) is 5.75 Å². The minimum atomic E-state index is 0.369. The summed E-state index contributed by atoms with van der Waals surface area (Å²) in [4.78, 5) is 8.31. The quantitative estimate of drug-likeness (QED) is 0.869. The monoisotopic (exact) mass is 341 g/mol. The number of nitrogens with zero attached hydrogens (tertiary/aromatic N) is 2. The Morgan fingerprint density at radius 1 is 1.24 bits per heavy atom. The summed E-state index contributed by atoms with van der Waals surface area (Å²) < 4.78 is 6.63. The Morgan fingerprint density at radius 2 is 1.94 bits per heavy atom. The van der Waals surface area contributed by atoms with Gasteiger partial charge >= 0.3 is 6.01 Å². The predicted molar refractivity (Wildman–Crippen MR) is 74.0 cm³/mol. The van der Waals surface area contributed by atoms with Gasteiger partial charge in [0.05, 0.1) is 3.57 Å². The molecule has 4 nitrogen and oxygen atoms in total. The van der Waals surface area contributed by atoms with Gasteiger partial charge in [-0.1, -0.05) is 12.1 Å². The molecular formula is C12H12IN3O. The van der Waals surface area contributed by atoms with E-state index in [2.05, 4.69) is 37.9 Å². The van der Waals surface area contributed by atoms with E-state index in [9.17, 15) is 0 Å². The van der Waals surface area contributed by atoms with Crippen LogP contribution in [-0.2, 0) is 6.54 Å². The first-order valence-electron chi connectivity index (χ1n) is 5.17. The third kappa shape index (κ3) is 3.37. The molecule has 0 aliphatic carbocycles. The van der Waals surface area contributed by atoms with Gasteiger partial charge in [0, 0.05) is 24.5 Å². The Labute approximate surface area is 114 Å². The number of nitrogens with one attached hydrogen (secondary N) is 1. The number of halogens is 1. The number of para-hydroxylation sites is 1. The van der Waals surface area contributed by atoms with Gasteiger partial charge < -0.3 is 10.1 Å². The number of benzene rings is 1. The van der Waals surface area contributed by atoms with Crippen LogP contribution in [0.25, 0.3) is 0 Å². The summed E-state index contributed by atoms with van der Waals surface area (Å²) >= 11 is 2.22. The Hall–Kier alpha value is -1.21. The molecule has 1 aromatic heterocycles. The van der Waals surface area contributed by atoms with Gasteiger partial charge in [-0.05, 0) is 41.8 Å². The van der Waals surface area contributed by atoms with E-state index in [4.69, 9.17) is 4.74 Å². The van der Waals surface area contributed by atoms with E-state index in [-0.39, 0.29) is 0 Å². The van der Waals surface area contributed by atoms with E-state index in [1.807, 2.05) is 31.3 Å². The van der Waals surface area contributed by atoms with Crippen molar-refractivity contribution >= 4 is 22.6 Å². The Kier molecular flexibility index (Phi) is 4.27. The largest absolute Gasteiger partial charge is 0.423 e. The van der Waals surface area contributed by atoms with Crippen LogP contribution < -0.4 is 10.1 Å². The normalized spacial score (nSPS) is 10.2. The van der Waals surface area contributed by atoms with Crippen LogP contribution in [0.15, 0.2) is 36.7 Å². The lowest BCUT2D eigenvalue weighted by molar-refractivity contribution is 0.438. The lowest BCUT2D eigenvalue weighted by Gasteiger charge is -2.05. The Morgan fingerprint density at radius 3 is 2.59 bits per heavy atom. The van der Waals surface area contributed by atoms with Gasteiger partial charge in [0.15, 0.2) is 0 Å². The number of ether oxygens (including phenoxy) is 1. The lowest BCUT2D eigenvalue weighted by Crippen LogP contribution is -2.06. The maximum atomic E-state index is 5.59. The van der Waals surface area contributed by atoms with Gasteiger partial charge in [-0.15, -0.1) is 0 Å². The van der Waals surface area contributed by atoms with Crippen LogP contribution in [0.5, 0.6) is 11.8 Å². The molecule has 0 saturated carbocycles. The van der Waals surface area contributed by atoms with Gasteiger partial charge in [0.25, 0.3) is 0 Å². The second-order valence-corrected chi connectivity index (χ2v) is 4.60. The molecule has 0 aliphatic rings. The minimum Gasteiger partial charge on any atom is -0.423 e. The predicted octanol–water partition coefficient (Wildman–Crippen LogP) is 2.59. The second kappa shape index (κ2) is 5.92. The highest BCUT2D eigenvalue weighted by molar-refractivity contribution is 14.1. The molecule has 88 valence electrons. The average molecular weight is 341 g/mol. The number of hydrogen-bond acceptors (Lipinski definition) is 4. The van der Waals surface area contributed by atoms with Crippen molar-refractivity contribution in [1.82, 2.24) is 15.3 Å². The van der Waals surface area contributed by atoms with Crippen LogP contribution in [0.2, 0.25) is 0 Å². The van der Waals surface area contributed by atoms with Crippen molar-refractivity contribution in [2.45, 2.75) is 6.54 Å². The SMILES string of the molecule is CNCc1cnc(Oc2ccccc2I)nc1. The second-order valence-electron chi connectivity index (χ2n) is 3.44. The maximum absolute atomic E-state index is 5.59. The fraction of sp³-hybridized carbons (Fsp3) is 0.167. The highest BCUT2D eigenvalue weighted by Gasteiger charge is 2.03. The fourth-order valence-corrected chi connectivity index (χ4v) is 1.81. The zero-order valence-corrected chi connectivity index (χ0v) is 11.5. The van der Waals surface area contributed by atoms with Gasteiger partial charge in [-0.3, -0.25) is 0 Å². The molecule has 17 heavy (non-hydrogen) atoms. The molecule has 0 bridgehead atoms. The summed E-state index contributed by atoms with van der Waals surface area (Å²) in [6.45, 7) is 0.753. The van der Waals surface area contributed by atoms with E-state index >= 15 is 0 Å². The third-order valence-corrected chi connectivity index (χ3v) is 2.99. The first-order valence-corrected chi connectivity index (χ1v) is 6.25. The maximum Gasteiger partial charge on any atom is 0.321 e.